The maximum atomic E-state index is 8.78. The molecule has 0 bridgehead atoms. The lowest BCUT2D eigenvalue weighted by atomic mass is 10.2. The van der Waals surface area contributed by atoms with E-state index in [1.165, 1.54) is 0 Å². The summed E-state index contributed by atoms with van der Waals surface area (Å²) in [5.74, 6) is 0.726. The van der Waals surface area contributed by atoms with E-state index >= 15 is 0 Å². The van der Waals surface area contributed by atoms with Crippen LogP contribution in [0.5, 0.6) is 0 Å². The van der Waals surface area contributed by atoms with Gasteiger partial charge in [0.1, 0.15) is 5.82 Å². The normalized spacial score (nSPS) is 13.4. The first-order valence-electron chi connectivity index (χ1n) is 5.69. The number of nitrogens with zero attached hydrogens (tertiary/aromatic N) is 3. The van der Waals surface area contributed by atoms with Gasteiger partial charge in [0.2, 0.25) is 0 Å². The van der Waals surface area contributed by atoms with Crippen LogP contribution in [0, 0.1) is 6.92 Å². The van der Waals surface area contributed by atoms with Gasteiger partial charge in [0, 0.05) is 26.4 Å². The number of methoxy groups -OCH3 is 1. The first-order chi connectivity index (χ1) is 8.49. The van der Waals surface area contributed by atoms with Crippen LogP contribution in [0.15, 0.2) is 17.3 Å². The van der Waals surface area contributed by atoms with Gasteiger partial charge in [-0.3, -0.25) is 0 Å². The molecule has 6 nitrogen and oxygen atoms in total. The molecule has 1 aromatic rings. The summed E-state index contributed by atoms with van der Waals surface area (Å²) in [6.45, 7) is 4.53. The van der Waals surface area contributed by atoms with Crippen molar-refractivity contribution in [2.45, 2.75) is 20.0 Å². The second-order valence-electron chi connectivity index (χ2n) is 4.24. The van der Waals surface area contributed by atoms with Gasteiger partial charge < -0.3 is 20.6 Å². The molecule has 0 aliphatic rings. The van der Waals surface area contributed by atoms with Crippen molar-refractivity contribution in [2.75, 3.05) is 25.6 Å². The van der Waals surface area contributed by atoms with E-state index < -0.39 is 0 Å². The molecule has 1 atom stereocenters. The predicted molar refractivity (Wildman–Crippen MR) is 71.2 cm³/mol. The zero-order valence-corrected chi connectivity index (χ0v) is 11.2. The Morgan fingerprint density at radius 2 is 2.28 bits per heavy atom. The Morgan fingerprint density at radius 1 is 1.61 bits per heavy atom. The minimum Gasteiger partial charge on any atom is -0.409 e. The summed E-state index contributed by atoms with van der Waals surface area (Å²) in [6, 6.07) is 3.62. The SMILES string of the molecule is COC(C)CN(C)c1nc(C)ccc1/C(N)=N/O. The van der Waals surface area contributed by atoms with Gasteiger partial charge in [-0.15, -0.1) is 0 Å². The van der Waals surface area contributed by atoms with E-state index in [9.17, 15) is 0 Å². The van der Waals surface area contributed by atoms with E-state index in [2.05, 4.69) is 10.1 Å². The van der Waals surface area contributed by atoms with Crippen LogP contribution in [0.25, 0.3) is 0 Å². The predicted octanol–water partition coefficient (Wildman–Crippen LogP) is 0.956. The molecule has 0 aliphatic heterocycles. The van der Waals surface area contributed by atoms with Gasteiger partial charge in [0.25, 0.3) is 0 Å². The third-order valence-electron chi connectivity index (χ3n) is 2.69. The molecule has 0 radical (unpaired) electrons. The number of likely N-dealkylation sites (N-methyl/N-ethyl adjacent to an activating group) is 1. The van der Waals surface area contributed by atoms with Gasteiger partial charge in [-0.05, 0) is 26.0 Å². The lowest BCUT2D eigenvalue weighted by Gasteiger charge is -2.24. The van der Waals surface area contributed by atoms with Crippen molar-refractivity contribution in [1.29, 1.82) is 0 Å². The van der Waals surface area contributed by atoms with Gasteiger partial charge in [-0.25, -0.2) is 4.98 Å². The largest absolute Gasteiger partial charge is 0.409 e. The molecule has 0 spiro atoms. The Bertz CT molecular complexity index is 434. The molecule has 0 amide bonds. The van der Waals surface area contributed by atoms with Crippen molar-refractivity contribution in [3.05, 3.63) is 23.4 Å². The van der Waals surface area contributed by atoms with Crippen molar-refractivity contribution in [3.63, 3.8) is 0 Å². The number of hydrogen-bond acceptors (Lipinski definition) is 5. The van der Waals surface area contributed by atoms with Gasteiger partial charge in [-0.1, -0.05) is 5.16 Å². The molecule has 0 fully saturated rings. The van der Waals surface area contributed by atoms with Crippen LogP contribution < -0.4 is 10.6 Å². The molecule has 1 heterocycles. The summed E-state index contributed by atoms with van der Waals surface area (Å²) >= 11 is 0. The number of pyridine rings is 1. The first kappa shape index (κ1) is 14.2. The number of oxime groups is 1. The lowest BCUT2D eigenvalue weighted by molar-refractivity contribution is 0.124. The average Bonchev–Trinajstić information content (AvgIpc) is 2.37. The molecular weight excluding hydrogens is 232 g/mol. The van der Waals surface area contributed by atoms with Crippen LogP contribution in [0.4, 0.5) is 5.82 Å². The highest BCUT2D eigenvalue weighted by atomic mass is 16.5. The van der Waals surface area contributed by atoms with Crippen LogP contribution >= 0.6 is 0 Å². The Labute approximate surface area is 107 Å². The quantitative estimate of drug-likeness (QED) is 0.353. The maximum Gasteiger partial charge on any atom is 0.173 e. The first-order valence-corrected chi connectivity index (χ1v) is 5.69. The Kier molecular flexibility index (Phi) is 4.91. The van der Waals surface area contributed by atoms with E-state index in [0.717, 1.165) is 5.69 Å². The standard InChI is InChI=1S/C12H20N4O2/c1-8-5-6-10(11(13)15-17)12(14-8)16(3)7-9(2)18-4/h5-6,9,17H,7H2,1-4H3,(H2,13,15). The van der Waals surface area contributed by atoms with Crippen molar-refractivity contribution in [2.24, 2.45) is 10.9 Å². The number of aromatic nitrogens is 1. The topological polar surface area (TPSA) is 84.0 Å². The molecule has 100 valence electrons. The number of amidine groups is 1. The highest BCUT2D eigenvalue weighted by Crippen LogP contribution is 2.17. The highest BCUT2D eigenvalue weighted by molar-refractivity contribution is 6.01. The van der Waals surface area contributed by atoms with Crippen molar-refractivity contribution in [3.8, 4) is 0 Å². The fourth-order valence-corrected chi connectivity index (χ4v) is 1.63. The van der Waals surface area contributed by atoms with Gasteiger partial charge in [0.05, 0.1) is 11.7 Å². The minimum absolute atomic E-state index is 0.0504. The molecule has 0 aliphatic carbocycles. The third-order valence-corrected chi connectivity index (χ3v) is 2.69. The fourth-order valence-electron chi connectivity index (χ4n) is 1.63. The zero-order chi connectivity index (χ0) is 13.7. The molecule has 6 heteroatoms. The minimum atomic E-state index is 0.0504. The smallest absolute Gasteiger partial charge is 0.173 e. The summed E-state index contributed by atoms with van der Waals surface area (Å²) in [4.78, 5) is 6.35. The Hall–Kier alpha value is -1.82. The highest BCUT2D eigenvalue weighted by Gasteiger charge is 2.15. The molecule has 3 N–H and O–H groups in total. The molecule has 0 saturated heterocycles. The molecule has 18 heavy (non-hydrogen) atoms. The van der Waals surface area contributed by atoms with Crippen LogP contribution in [0.2, 0.25) is 0 Å². The molecule has 1 unspecified atom stereocenters. The molecular formula is C12H20N4O2. The Balaban J connectivity index is 3.08. The van der Waals surface area contributed by atoms with Gasteiger partial charge >= 0.3 is 0 Å². The number of anilines is 1. The van der Waals surface area contributed by atoms with Crippen LogP contribution in [-0.4, -0.2) is 42.8 Å². The third kappa shape index (κ3) is 3.33. The summed E-state index contributed by atoms with van der Waals surface area (Å²) in [5, 5.41) is 11.8. The summed E-state index contributed by atoms with van der Waals surface area (Å²) in [5.41, 5.74) is 7.13. The molecule has 1 rings (SSSR count). The van der Waals surface area contributed by atoms with E-state index in [-0.39, 0.29) is 11.9 Å². The van der Waals surface area contributed by atoms with E-state index in [0.29, 0.717) is 17.9 Å². The number of hydrogen-bond donors (Lipinski definition) is 2. The summed E-state index contributed by atoms with van der Waals surface area (Å²) in [7, 11) is 3.55. The van der Waals surface area contributed by atoms with E-state index in [1.807, 2.05) is 31.9 Å². The molecule has 0 aromatic carbocycles. The van der Waals surface area contributed by atoms with Crippen LogP contribution in [-0.2, 0) is 4.74 Å². The van der Waals surface area contributed by atoms with E-state index in [1.54, 1.807) is 13.2 Å². The second kappa shape index (κ2) is 6.20. The van der Waals surface area contributed by atoms with Crippen LogP contribution in [0.3, 0.4) is 0 Å². The van der Waals surface area contributed by atoms with Gasteiger partial charge in [-0.2, -0.15) is 0 Å². The lowest BCUT2D eigenvalue weighted by Crippen LogP contribution is -2.31. The number of aryl methyl sites for hydroxylation is 1. The van der Waals surface area contributed by atoms with Crippen molar-refractivity contribution < 1.29 is 9.94 Å². The second-order valence-corrected chi connectivity index (χ2v) is 4.24. The zero-order valence-electron chi connectivity index (χ0n) is 11.2. The van der Waals surface area contributed by atoms with Crippen molar-refractivity contribution >= 4 is 11.7 Å². The maximum absolute atomic E-state index is 8.78. The number of rotatable bonds is 5. The van der Waals surface area contributed by atoms with E-state index in [4.69, 9.17) is 15.7 Å². The fraction of sp³-hybridized carbons (Fsp3) is 0.500. The average molecular weight is 252 g/mol. The summed E-state index contributed by atoms with van der Waals surface area (Å²) < 4.78 is 5.22. The number of nitrogens with two attached hydrogens (primary N) is 1. The Morgan fingerprint density at radius 3 is 2.83 bits per heavy atom. The number of ether oxygens (including phenoxy) is 1. The molecule has 1 aromatic heterocycles. The molecule has 0 saturated carbocycles. The van der Waals surface area contributed by atoms with Crippen LogP contribution in [0.1, 0.15) is 18.2 Å². The summed E-state index contributed by atoms with van der Waals surface area (Å²) in [6.07, 6.45) is 0.0671. The monoisotopic (exact) mass is 252 g/mol. The van der Waals surface area contributed by atoms with Crippen molar-refractivity contribution in [1.82, 2.24) is 4.98 Å². The van der Waals surface area contributed by atoms with Gasteiger partial charge in [0.15, 0.2) is 5.84 Å².